The molecule has 0 heterocycles. The second kappa shape index (κ2) is 9.16. The zero-order valence-electron chi connectivity index (χ0n) is 12.3. The maximum atomic E-state index is 3.67. The smallest absolute Gasteiger partial charge is 0.00670 e. The molecule has 18 heavy (non-hydrogen) atoms. The maximum Gasteiger partial charge on any atom is 0.00670 e. The molecule has 0 fully saturated rings. The molecule has 1 rings (SSSR count). The molecule has 1 heteroatoms. The number of aryl methyl sites for hydroxylation is 2. The van der Waals surface area contributed by atoms with E-state index in [4.69, 9.17) is 0 Å². The van der Waals surface area contributed by atoms with Crippen molar-refractivity contribution in [2.24, 2.45) is 0 Å². The molecule has 0 radical (unpaired) electrons. The van der Waals surface area contributed by atoms with Crippen molar-refractivity contribution in [3.05, 3.63) is 35.4 Å². The van der Waals surface area contributed by atoms with Crippen LogP contribution < -0.4 is 5.32 Å². The fourth-order valence-corrected chi connectivity index (χ4v) is 2.47. The lowest BCUT2D eigenvalue weighted by Gasteiger charge is -2.17. The van der Waals surface area contributed by atoms with Crippen LogP contribution in [0, 0.1) is 6.92 Å². The number of nitrogens with one attached hydrogen (secondary N) is 1. The Morgan fingerprint density at radius 2 is 1.94 bits per heavy atom. The fourth-order valence-electron chi connectivity index (χ4n) is 2.47. The van der Waals surface area contributed by atoms with Gasteiger partial charge in [0.15, 0.2) is 0 Å². The predicted molar refractivity (Wildman–Crippen MR) is 81.1 cm³/mol. The molecule has 0 bridgehead atoms. The standard InChI is InChI=1S/C17H29N/c1-4-8-17(18-13-5-2)12-7-11-16-10-6-9-15(3)14-16/h6,9-10,14,17-18H,4-5,7-8,11-13H2,1-3H3. The van der Waals surface area contributed by atoms with Crippen LogP contribution in [0.5, 0.6) is 0 Å². The summed E-state index contributed by atoms with van der Waals surface area (Å²) in [6, 6.07) is 9.63. The van der Waals surface area contributed by atoms with Crippen molar-refractivity contribution in [1.29, 1.82) is 0 Å². The third-order valence-corrected chi connectivity index (χ3v) is 3.42. The molecule has 1 unspecified atom stereocenters. The number of hydrogen-bond donors (Lipinski definition) is 1. The molecule has 1 aromatic carbocycles. The van der Waals surface area contributed by atoms with Gasteiger partial charge in [-0.25, -0.2) is 0 Å². The molecule has 1 aromatic rings. The molecule has 0 amide bonds. The quantitative estimate of drug-likeness (QED) is 0.678. The summed E-state index contributed by atoms with van der Waals surface area (Å²) >= 11 is 0. The first-order valence-corrected chi connectivity index (χ1v) is 7.55. The van der Waals surface area contributed by atoms with Crippen molar-refractivity contribution in [3.8, 4) is 0 Å². The SMILES string of the molecule is CCCNC(CCC)CCCc1cccc(C)c1. The van der Waals surface area contributed by atoms with Gasteiger partial charge in [-0.05, 0) is 51.1 Å². The molecule has 0 saturated carbocycles. The number of rotatable bonds is 9. The average molecular weight is 247 g/mol. The molecule has 102 valence electrons. The van der Waals surface area contributed by atoms with E-state index in [1.54, 1.807) is 0 Å². The minimum atomic E-state index is 0.722. The molecule has 1 N–H and O–H groups in total. The molecule has 0 aliphatic carbocycles. The topological polar surface area (TPSA) is 12.0 Å². The lowest BCUT2D eigenvalue weighted by molar-refractivity contribution is 0.438. The first-order valence-electron chi connectivity index (χ1n) is 7.55. The summed E-state index contributed by atoms with van der Waals surface area (Å²) in [6.07, 6.45) is 7.65. The van der Waals surface area contributed by atoms with Crippen molar-refractivity contribution in [1.82, 2.24) is 5.32 Å². The van der Waals surface area contributed by atoms with Gasteiger partial charge in [0.2, 0.25) is 0 Å². The van der Waals surface area contributed by atoms with Gasteiger partial charge in [-0.2, -0.15) is 0 Å². The van der Waals surface area contributed by atoms with E-state index in [0.717, 1.165) is 12.6 Å². The molecule has 0 aliphatic heterocycles. The lowest BCUT2D eigenvalue weighted by Crippen LogP contribution is -2.29. The zero-order chi connectivity index (χ0) is 13.2. The van der Waals surface area contributed by atoms with E-state index in [9.17, 15) is 0 Å². The number of benzene rings is 1. The van der Waals surface area contributed by atoms with E-state index in [0.29, 0.717) is 0 Å². The fraction of sp³-hybridized carbons (Fsp3) is 0.647. The highest BCUT2D eigenvalue weighted by molar-refractivity contribution is 5.22. The summed E-state index contributed by atoms with van der Waals surface area (Å²) in [7, 11) is 0. The first kappa shape index (κ1) is 15.2. The summed E-state index contributed by atoms with van der Waals surface area (Å²) in [5.41, 5.74) is 2.86. The summed E-state index contributed by atoms with van der Waals surface area (Å²) in [5, 5.41) is 3.67. The minimum Gasteiger partial charge on any atom is -0.314 e. The van der Waals surface area contributed by atoms with Crippen molar-refractivity contribution < 1.29 is 0 Å². The van der Waals surface area contributed by atoms with Gasteiger partial charge < -0.3 is 5.32 Å². The third kappa shape index (κ3) is 6.20. The van der Waals surface area contributed by atoms with Crippen molar-refractivity contribution in [2.45, 2.75) is 65.3 Å². The Balaban J connectivity index is 2.29. The summed E-state index contributed by atoms with van der Waals surface area (Å²) in [6.45, 7) is 7.85. The number of hydrogen-bond acceptors (Lipinski definition) is 1. The molecule has 0 aromatic heterocycles. The molecular formula is C17H29N. The van der Waals surface area contributed by atoms with Crippen molar-refractivity contribution >= 4 is 0 Å². The normalized spacial score (nSPS) is 12.6. The molecule has 0 spiro atoms. The molecule has 1 nitrogen and oxygen atoms in total. The maximum absolute atomic E-state index is 3.67. The van der Waals surface area contributed by atoms with Crippen LogP contribution in [-0.2, 0) is 6.42 Å². The van der Waals surface area contributed by atoms with Gasteiger partial charge in [0, 0.05) is 6.04 Å². The van der Waals surface area contributed by atoms with Crippen molar-refractivity contribution in [3.63, 3.8) is 0 Å². The van der Waals surface area contributed by atoms with Crippen LogP contribution in [0.15, 0.2) is 24.3 Å². The van der Waals surface area contributed by atoms with Gasteiger partial charge in [-0.3, -0.25) is 0 Å². The molecular weight excluding hydrogens is 218 g/mol. The van der Waals surface area contributed by atoms with Crippen LogP contribution in [0.1, 0.15) is 57.1 Å². The highest BCUT2D eigenvalue weighted by Gasteiger charge is 2.06. The van der Waals surface area contributed by atoms with E-state index >= 15 is 0 Å². The largest absolute Gasteiger partial charge is 0.314 e. The minimum absolute atomic E-state index is 0.722. The van der Waals surface area contributed by atoms with Gasteiger partial charge >= 0.3 is 0 Å². The van der Waals surface area contributed by atoms with Crippen LogP contribution in [-0.4, -0.2) is 12.6 Å². The van der Waals surface area contributed by atoms with Crippen LogP contribution in [0.25, 0.3) is 0 Å². The van der Waals surface area contributed by atoms with E-state index in [2.05, 4.69) is 50.4 Å². The predicted octanol–water partition coefficient (Wildman–Crippen LogP) is 4.49. The van der Waals surface area contributed by atoms with E-state index in [1.165, 1.54) is 49.7 Å². The summed E-state index contributed by atoms with van der Waals surface area (Å²) < 4.78 is 0. The molecule has 1 atom stereocenters. The Bertz CT molecular complexity index is 319. The Kier molecular flexibility index (Phi) is 7.75. The van der Waals surface area contributed by atoms with Gasteiger partial charge in [0.25, 0.3) is 0 Å². The molecule has 0 aliphatic rings. The second-order valence-corrected chi connectivity index (χ2v) is 5.32. The highest BCUT2D eigenvalue weighted by atomic mass is 14.9. The zero-order valence-corrected chi connectivity index (χ0v) is 12.3. The van der Waals surface area contributed by atoms with E-state index in [-0.39, 0.29) is 0 Å². The van der Waals surface area contributed by atoms with Crippen LogP contribution in [0.3, 0.4) is 0 Å². The van der Waals surface area contributed by atoms with Gasteiger partial charge in [0.1, 0.15) is 0 Å². The second-order valence-electron chi connectivity index (χ2n) is 5.32. The van der Waals surface area contributed by atoms with Crippen LogP contribution >= 0.6 is 0 Å². The first-order chi connectivity index (χ1) is 8.76. The van der Waals surface area contributed by atoms with Crippen LogP contribution in [0.4, 0.5) is 0 Å². The van der Waals surface area contributed by atoms with E-state index in [1.807, 2.05) is 0 Å². The Labute approximate surface area is 113 Å². The monoisotopic (exact) mass is 247 g/mol. The van der Waals surface area contributed by atoms with Gasteiger partial charge in [-0.15, -0.1) is 0 Å². The Hall–Kier alpha value is -0.820. The third-order valence-electron chi connectivity index (χ3n) is 3.42. The van der Waals surface area contributed by atoms with Gasteiger partial charge in [-0.1, -0.05) is 50.1 Å². The van der Waals surface area contributed by atoms with Gasteiger partial charge in [0.05, 0.1) is 0 Å². The molecule has 0 saturated heterocycles. The summed E-state index contributed by atoms with van der Waals surface area (Å²) in [4.78, 5) is 0. The summed E-state index contributed by atoms with van der Waals surface area (Å²) in [5.74, 6) is 0. The average Bonchev–Trinajstić information content (AvgIpc) is 2.36. The van der Waals surface area contributed by atoms with Crippen LogP contribution in [0.2, 0.25) is 0 Å². The Morgan fingerprint density at radius 3 is 2.61 bits per heavy atom. The highest BCUT2D eigenvalue weighted by Crippen LogP contribution is 2.11. The lowest BCUT2D eigenvalue weighted by atomic mass is 10.0. The van der Waals surface area contributed by atoms with Crippen molar-refractivity contribution in [2.75, 3.05) is 6.54 Å². The Morgan fingerprint density at radius 1 is 1.11 bits per heavy atom. The van der Waals surface area contributed by atoms with E-state index < -0.39 is 0 Å².